The third kappa shape index (κ3) is 9.74. The van der Waals surface area contributed by atoms with E-state index in [1.807, 2.05) is 78.9 Å². The van der Waals surface area contributed by atoms with E-state index in [4.69, 9.17) is 9.47 Å². The molecule has 2 aliphatic heterocycles. The van der Waals surface area contributed by atoms with Gasteiger partial charge in [0.2, 0.25) is 5.91 Å². The molecular weight excluding hydrogens is 1210 g/mol. The van der Waals surface area contributed by atoms with Gasteiger partial charge in [0.15, 0.2) is 5.78 Å². The Balaban J connectivity index is 0.949. The summed E-state index contributed by atoms with van der Waals surface area (Å²) >= 11 is 0. The van der Waals surface area contributed by atoms with E-state index >= 15 is 14.4 Å². The Bertz CT molecular complexity index is 5470. The first-order valence-electron chi connectivity index (χ1n) is 34.1. The lowest BCUT2D eigenvalue weighted by molar-refractivity contribution is -0.137. The number of amides is 5. The molecule has 0 bridgehead atoms. The van der Waals surface area contributed by atoms with Crippen LogP contribution in [0.25, 0.3) is 97.7 Å². The van der Waals surface area contributed by atoms with Gasteiger partial charge in [0.25, 0.3) is 23.6 Å². The largest absolute Gasteiger partial charge is 0.457 e. The number of benzene rings is 13. The second-order valence-electron chi connectivity index (χ2n) is 29.4. The zero-order chi connectivity index (χ0) is 68.1. The van der Waals surface area contributed by atoms with E-state index in [9.17, 15) is 14.4 Å². The molecule has 2 heterocycles. The number of carbonyl (C=O) groups is 6. The Labute approximate surface area is 568 Å². The number of imide groups is 2. The van der Waals surface area contributed by atoms with Crippen LogP contribution in [0.1, 0.15) is 158 Å². The maximum atomic E-state index is 16.2. The molecule has 0 unspecified atom stereocenters. The van der Waals surface area contributed by atoms with Crippen molar-refractivity contribution in [2.75, 3.05) is 18.0 Å². The van der Waals surface area contributed by atoms with Crippen molar-refractivity contribution in [2.45, 2.75) is 111 Å². The summed E-state index contributed by atoms with van der Waals surface area (Å²) in [5, 5.41) is 15.1. The summed E-state index contributed by atoms with van der Waals surface area (Å²) in [6, 6.07) is 57.6. The van der Waals surface area contributed by atoms with Gasteiger partial charge >= 0.3 is 0 Å². The van der Waals surface area contributed by atoms with Crippen LogP contribution < -0.4 is 19.7 Å². The van der Waals surface area contributed by atoms with Gasteiger partial charge in [0.1, 0.15) is 23.0 Å². The van der Waals surface area contributed by atoms with Crippen LogP contribution in [0.3, 0.4) is 0 Å². The molecule has 16 rings (SSSR count). The molecule has 0 aromatic heterocycles. The number of nitrogens with zero attached hydrogens (tertiary/aromatic N) is 2. The molecule has 0 radical (unpaired) electrons. The van der Waals surface area contributed by atoms with Crippen LogP contribution in [0.2, 0.25) is 0 Å². The van der Waals surface area contributed by atoms with Crippen LogP contribution in [0.5, 0.6) is 23.0 Å². The molecule has 0 fully saturated rings. The number of ketones is 1. The third-order valence-electron chi connectivity index (χ3n) is 20.6. The van der Waals surface area contributed by atoms with E-state index in [-0.39, 0.29) is 59.1 Å². The summed E-state index contributed by atoms with van der Waals surface area (Å²) in [5.41, 5.74) is 11.0. The number of ether oxygens (including phenoxy) is 2. The molecule has 0 spiro atoms. The molecule has 3 aliphatic rings. The number of hydrogen-bond donors (Lipinski definition) is 1. The van der Waals surface area contributed by atoms with Crippen molar-refractivity contribution in [1.82, 2.24) is 10.2 Å². The molecule has 11 nitrogen and oxygen atoms in total. The molecule has 5 amide bonds. The predicted molar refractivity (Wildman–Crippen MR) is 394 cm³/mol. The molecule has 1 aliphatic carbocycles. The SMILES string of the molecule is CC(C)c1cccc(C(C)C)c1N1C(=O)c2cc(Oc3ccc(C(C)(C)C)cc3)c3c4ccc5c6ccc7c8c(cc(-c9ccc(CCNC(=O)CCCN%10C(=O)C=CC%10=O)cc9)c(c9ccc(c%10c(Oc%11ccc(C(C)(C)C)cc%11)cc(c2c3%10)C1=O)c4c59)c86)C(=O)c1ccccc1-7. The zero-order valence-electron chi connectivity index (χ0n) is 56.7. The molecule has 98 heavy (non-hydrogen) atoms. The van der Waals surface area contributed by atoms with Gasteiger partial charge in [-0.3, -0.25) is 33.7 Å². The smallest absolute Gasteiger partial charge is 0.266 e. The minimum absolute atomic E-state index is 0.0235. The van der Waals surface area contributed by atoms with Crippen LogP contribution in [0.4, 0.5) is 5.69 Å². The number of hydrogen-bond acceptors (Lipinski definition) is 8. The van der Waals surface area contributed by atoms with Crippen molar-refractivity contribution < 1.29 is 38.2 Å². The molecular formula is C87H73N3O8. The molecule has 1 N–H and O–H groups in total. The maximum absolute atomic E-state index is 16.2. The van der Waals surface area contributed by atoms with Gasteiger partial charge in [-0.05, 0) is 177 Å². The van der Waals surface area contributed by atoms with E-state index in [0.717, 1.165) is 120 Å². The van der Waals surface area contributed by atoms with Gasteiger partial charge in [0.05, 0.1) is 16.8 Å². The summed E-state index contributed by atoms with van der Waals surface area (Å²) in [7, 11) is 0. The normalized spacial score (nSPS) is 14.1. The van der Waals surface area contributed by atoms with Crippen molar-refractivity contribution in [3.63, 3.8) is 0 Å². The minimum atomic E-state index is -0.437. The highest BCUT2D eigenvalue weighted by Gasteiger charge is 2.41. The fourth-order valence-electron chi connectivity index (χ4n) is 15.7. The highest BCUT2D eigenvalue weighted by Crippen LogP contribution is 2.57. The van der Waals surface area contributed by atoms with Crippen LogP contribution in [0, 0.1) is 0 Å². The second kappa shape index (κ2) is 22.8. The summed E-state index contributed by atoms with van der Waals surface area (Å²) < 4.78 is 14.7. The number of fused-ring (bicyclic) bond motifs is 6. The zero-order valence-corrected chi connectivity index (χ0v) is 56.7. The topological polar surface area (TPSA) is 139 Å². The van der Waals surface area contributed by atoms with E-state index in [1.54, 1.807) is 0 Å². The summed E-state index contributed by atoms with van der Waals surface area (Å²) in [4.78, 5) is 87.2. The number of anilines is 1. The number of nitrogens with one attached hydrogen (secondary N) is 1. The fourth-order valence-corrected chi connectivity index (χ4v) is 15.7. The molecule has 13 aromatic rings. The van der Waals surface area contributed by atoms with Gasteiger partial charge in [-0.25, -0.2) is 4.90 Å². The summed E-state index contributed by atoms with van der Waals surface area (Å²) in [6.45, 7) is 22.0. The van der Waals surface area contributed by atoms with Crippen LogP contribution in [-0.2, 0) is 31.6 Å². The first kappa shape index (κ1) is 61.8. The van der Waals surface area contributed by atoms with Crippen molar-refractivity contribution in [1.29, 1.82) is 0 Å². The van der Waals surface area contributed by atoms with Crippen molar-refractivity contribution in [2.24, 2.45) is 0 Å². The van der Waals surface area contributed by atoms with E-state index in [1.165, 1.54) is 17.1 Å². The van der Waals surface area contributed by atoms with E-state index in [2.05, 4.69) is 166 Å². The fraction of sp³-hybridized carbons (Fsp3) is 0.218. The van der Waals surface area contributed by atoms with Gasteiger partial charge in [-0.15, -0.1) is 0 Å². The monoisotopic (exact) mass is 1290 g/mol. The maximum Gasteiger partial charge on any atom is 0.266 e. The second-order valence-corrected chi connectivity index (χ2v) is 29.4. The predicted octanol–water partition coefficient (Wildman–Crippen LogP) is 20.1. The first-order valence-corrected chi connectivity index (χ1v) is 34.1. The Morgan fingerprint density at radius 1 is 0.449 bits per heavy atom. The van der Waals surface area contributed by atoms with E-state index < -0.39 is 11.8 Å². The molecule has 13 aromatic carbocycles. The summed E-state index contributed by atoms with van der Waals surface area (Å²) in [5.74, 6) is 0.211. The number of para-hydroxylation sites is 1. The van der Waals surface area contributed by atoms with Crippen LogP contribution in [-0.4, -0.2) is 53.3 Å². The molecule has 11 heteroatoms. The Kier molecular flexibility index (Phi) is 14.4. The number of carbonyl (C=O) groups excluding carboxylic acids is 6. The van der Waals surface area contributed by atoms with E-state index in [0.29, 0.717) is 81.1 Å². The first-order chi connectivity index (χ1) is 47.0. The lowest BCUT2D eigenvalue weighted by atomic mass is 9.76. The molecule has 0 saturated heterocycles. The van der Waals surface area contributed by atoms with Crippen molar-refractivity contribution >= 4 is 116 Å². The van der Waals surface area contributed by atoms with Gasteiger partial charge < -0.3 is 14.8 Å². The molecule has 0 saturated carbocycles. The molecule has 0 atom stereocenters. The highest BCUT2D eigenvalue weighted by atomic mass is 16.5. The Morgan fingerprint density at radius 2 is 0.949 bits per heavy atom. The molecule has 484 valence electrons. The highest BCUT2D eigenvalue weighted by molar-refractivity contribution is 6.48. The average molecular weight is 1290 g/mol. The van der Waals surface area contributed by atoms with Gasteiger partial charge in [0, 0.05) is 69.7 Å². The lowest BCUT2D eigenvalue weighted by Crippen LogP contribution is -2.42. The average Bonchev–Trinajstić information content (AvgIpc) is 0.706. The Morgan fingerprint density at radius 3 is 1.50 bits per heavy atom. The third-order valence-corrected chi connectivity index (χ3v) is 20.6. The van der Waals surface area contributed by atoms with Crippen molar-refractivity contribution in [3.8, 4) is 45.3 Å². The van der Waals surface area contributed by atoms with Gasteiger partial charge in [-0.2, -0.15) is 0 Å². The minimum Gasteiger partial charge on any atom is -0.457 e. The van der Waals surface area contributed by atoms with Gasteiger partial charge in [-0.1, -0.05) is 197 Å². The summed E-state index contributed by atoms with van der Waals surface area (Å²) in [6.07, 6.45) is 3.59. The quantitative estimate of drug-likeness (QED) is 0.0608. The van der Waals surface area contributed by atoms with Crippen LogP contribution in [0.15, 0.2) is 182 Å². The van der Waals surface area contributed by atoms with Crippen LogP contribution >= 0.6 is 0 Å². The Hall–Kier alpha value is -11.0. The number of rotatable bonds is 15. The van der Waals surface area contributed by atoms with Crippen molar-refractivity contribution in [3.05, 3.63) is 232 Å². The lowest BCUT2D eigenvalue weighted by Gasteiger charge is -2.33. The standard InChI is InChI=1S/C87H73N3O8/c1-46(2)54-17-13-18-55(47(3)4)82(54)90-84(95)66-44-68(97-52-28-24-50(25-29-52)86(5,6)7)78-62-35-34-58-59-33-32-57-56-15-11-12-16-60(56)83(94)65-43-64(49-22-20-48(21-23-49)40-41-88-70(91)19-14-42-89-71(92)38-39-72(89)93)76(80(59)74(57)65)61-36-37-63(75(62)73(58)61)79-69(45-67(85(90)96)77(66)81(78)79)98-53-30-26-51(27-31-53)87(8,9)10/h11-13,15-18,20-39,43-47H,14,19,40-42H2,1-10H3,(H,88,91).